The van der Waals surface area contributed by atoms with Gasteiger partial charge in [0.25, 0.3) is 5.69 Å². The maximum absolute atomic E-state index is 10.7. The quantitative estimate of drug-likeness (QED) is 0.377. The van der Waals surface area contributed by atoms with Crippen molar-refractivity contribution in [3.63, 3.8) is 0 Å². The van der Waals surface area contributed by atoms with Crippen LogP contribution in [0, 0.1) is 10.1 Å². The minimum Gasteiger partial charge on any atom is -0.494 e. The Kier molecular flexibility index (Phi) is 4.81. The van der Waals surface area contributed by atoms with Crippen LogP contribution >= 0.6 is 0 Å². The molecule has 0 saturated carbocycles. The number of nitro groups is 1. The monoisotopic (exact) mass is 365 g/mol. The number of hydrogen-bond acceptors (Lipinski definition) is 4. The maximum Gasteiger partial charge on any atom is 0.269 e. The molecule has 1 aliphatic rings. The molecule has 0 aliphatic carbocycles. The molecular formula is C21H23N3O3. The van der Waals surface area contributed by atoms with Crippen LogP contribution in [0.3, 0.4) is 0 Å². The van der Waals surface area contributed by atoms with E-state index < -0.39 is 4.92 Å². The van der Waals surface area contributed by atoms with Crippen LogP contribution in [-0.4, -0.2) is 34.1 Å². The van der Waals surface area contributed by atoms with Gasteiger partial charge in [-0.15, -0.1) is 0 Å². The molecule has 0 amide bonds. The van der Waals surface area contributed by atoms with Crippen LogP contribution in [0.1, 0.15) is 17.7 Å². The Morgan fingerprint density at radius 1 is 1.15 bits per heavy atom. The highest BCUT2D eigenvalue weighted by Crippen LogP contribution is 2.30. The lowest BCUT2D eigenvalue weighted by Crippen LogP contribution is -2.32. The highest BCUT2D eigenvalue weighted by molar-refractivity contribution is 5.85. The van der Waals surface area contributed by atoms with Crippen molar-refractivity contribution in [1.29, 1.82) is 0 Å². The molecule has 1 aromatic heterocycles. The largest absolute Gasteiger partial charge is 0.494 e. The molecule has 0 spiro atoms. The van der Waals surface area contributed by atoms with Crippen LogP contribution < -0.4 is 4.74 Å². The summed E-state index contributed by atoms with van der Waals surface area (Å²) < 4.78 is 8.06. The molecule has 0 fully saturated rings. The summed E-state index contributed by atoms with van der Waals surface area (Å²) >= 11 is 0. The summed E-state index contributed by atoms with van der Waals surface area (Å²) in [5.41, 5.74) is 4.30. The summed E-state index contributed by atoms with van der Waals surface area (Å²) in [6.07, 6.45) is 2.00. The minimum absolute atomic E-state index is 0.0848. The van der Waals surface area contributed by atoms with Crippen molar-refractivity contribution in [2.75, 3.05) is 19.7 Å². The lowest BCUT2D eigenvalue weighted by Gasteiger charge is -2.27. The van der Waals surface area contributed by atoms with E-state index in [2.05, 4.69) is 40.8 Å². The highest BCUT2D eigenvalue weighted by atomic mass is 16.6. The fourth-order valence-electron chi connectivity index (χ4n) is 3.92. The van der Waals surface area contributed by atoms with Crippen molar-refractivity contribution < 1.29 is 9.66 Å². The van der Waals surface area contributed by atoms with Gasteiger partial charge in [-0.3, -0.25) is 15.0 Å². The second-order valence-electron chi connectivity index (χ2n) is 6.98. The molecule has 1 aliphatic heterocycles. The molecule has 140 valence electrons. The molecule has 0 atom stereocenters. The third kappa shape index (κ3) is 3.53. The van der Waals surface area contributed by atoms with Crippen molar-refractivity contribution in [1.82, 2.24) is 9.47 Å². The van der Waals surface area contributed by atoms with Gasteiger partial charge in [-0.1, -0.05) is 18.2 Å². The lowest BCUT2D eigenvalue weighted by molar-refractivity contribution is -0.384. The number of nitrogens with zero attached hydrogens (tertiary/aromatic N) is 3. The van der Waals surface area contributed by atoms with E-state index in [0.29, 0.717) is 12.4 Å². The summed E-state index contributed by atoms with van der Waals surface area (Å²) in [6, 6.07) is 14.9. The number of ether oxygens (including phenoxy) is 1. The van der Waals surface area contributed by atoms with Crippen molar-refractivity contribution in [2.24, 2.45) is 7.05 Å². The summed E-state index contributed by atoms with van der Waals surface area (Å²) in [7, 11) is 2.16. The number of aryl methyl sites for hydroxylation is 1. The van der Waals surface area contributed by atoms with Crippen molar-refractivity contribution in [2.45, 2.75) is 19.4 Å². The average molecular weight is 365 g/mol. The molecule has 0 radical (unpaired) electrons. The van der Waals surface area contributed by atoms with E-state index >= 15 is 0 Å². The Labute approximate surface area is 158 Å². The molecule has 0 unspecified atom stereocenters. The smallest absolute Gasteiger partial charge is 0.269 e. The van der Waals surface area contributed by atoms with Gasteiger partial charge in [0.15, 0.2) is 0 Å². The number of fused-ring (bicyclic) bond motifs is 3. The van der Waals surface area contributed by atoms with E-state index in [0.717, 1.165) is 32.5 Å². The first-order valence-corrected chi connectivity index (χ1v) is 9.28. The minimum atomic E-state index is -0.401. The van der Waals surface area contributed by atoms with Gasteiger partial charge in [-0.25, -0.2) is 0 Å². The van der Waals surface area contributed by atoms with E-state index in [1.807, 2.05) is 0 Å². The summed E-state index contributed by atoms with van der Waals surface area (Å²) in [5.74, 6) is 0.676. The van der Waals surface area contributed by atoms with E-state index in [4.69, 9.17) is 4.74 Å². The predicted molar refractivity (Wildman–Crippen MR) is 105 cm³/mol. The third-order valence-corrected chi connectivity index (χ3v) is 5.33. The molecule has 0 bridgehead atoms. The van der Waals surface area contributed by atoms with Gasteiger partial charge in [0.05, 0.1) is 11.5 Å². The predicted octanol–water partition coefficient (Wildman–Crippen LogP) is 3.91. The fourth-order valence-corrected chi connectivity index (χ4v) is 3.92. The molecule has 3 aromatic rings. The highest BCUT2D eigenvalue weighted by Gasteiger charge is 2.22. The second-order valence-corrected chi connectivity index (χ2v) is 6.98. The molecule has 6 heteroatoms. The number of nitro benzene ring substituents is 1. The first-order chi connectivity index (χ1) is 13.1. The Morgan fingerprint density at radius 3 is 2.70 bits per heavy atom. The van der Waals surface area contributed by atoms with Crippen molar-refractivity contribution in [3.05, 3.63) is 69.9 Å². The van der Waals surface area contributed by atoms with Crippen LogP contribution in [0.4, 0.5) is 5.69 Å². The van der Waals surface area contributed by atoms with Crippen LogP contribution in [0.25, 0.3) is 10.9 Å². The number of para-hydroxylation sites is 1. The van der Waals surface area contributed by atoms with E-state index in [1.54, 1.807) is 12.1 Å². The zero-order valence-electron chi connectivity index (χ0n) is 15.4. The van der Waals surface area contributed by atoms with Gasteiger partial charge in [0, 0.05) is 61.8 Å². The Balaban J connectivity index is 1.32. The van der Waals surface area contributed by atoms with Crippen LogP contribution in [0.2, 0.25) is 0 Å². The van der Waals surface area contributed by atoms with Gasteiger partial charge >= 0.3 is 0 Å². The first kappa shape index (κ1) is 17.5. The summed E-state index contributed by atoms with van der Waals surface area (Å²) in [6.45, 7) is 3.63. The van der Waals surface area contributed by atoms with E-state index in [9.17, 15) is 10.1 Å². The number of benzene rings is 2. The summed E-state index contributed by atoms with van der Waals surface area (Å²) in [4.78, 5) is 12.8. The SMILES string of the molecule is Cn1c2c(c3ccccc31)CN(CCCOc1ccc([N+](=O)[O-])cc1)CC2. The van der Waals surface area contributed by atoms with Gasteiger partial charge in [-0.05, 0) is 30.2 Å². The van der Waals surface area contributed by atoms with Gasteiger partial charge < -0.3 is 9.30 Å². The Morgan fingerprint density at radius 2 is 1.93 bits per heavy atom. The lowest BCUT2D eigenvalue weighted by atomic mass is 10.0. The van der Waals surface area contributed by atoms with Gasteiger partial charge in [0.1, 0.15) is 5.75 Å². The van der Waals surface area contributed by atoms with Crippen molar-refractivity contribution in [3.8, 4) is 5.75 Å². The van der Waals surface area contributed by atoms with Crippen LogP contribution in [-0.2, 0) is 20.0 Å². The number of non-ortho nitro benzene ring substituents is 1. The number of aromatic nitrogens is 1. The number of rotatable bonds is 6. The first-order valence-electron chi connectivity index (χ1n) is 9.28. The normalized spacial score (nSPS) is 14.3. The molecule has 6 nitrogen and oxygen atoms in total. The topological polar surface area (TPSA) is 60.5 Å². The maximum atomic E-state index is 10.7. The Hall–Kier alpha value is -2.86. The van der Waals surface area contributed by atoms with E-state index in [-0.39, 0.29) is 5.69 Å². The molecule has 27 heavy (non-hydrogen) atoms. The second kappa shape index (κ2) is 7.40. The molecule has 2 aromatic carbocycles. The fraction of sp³-hybridized carbons (Fsp3) is 0.333. The van der Waals surface area contributed by atoms with Gasteiger partial charge in [0.2, 0.25) is 0 Å². The zero-order chi connectivity index (χ0) is 18.8. The molecular weight excluding hydrogens is 342 g/mol. The van der Waals surface area contributed by atoms with Crippen LogP contribution in [0.5, 0.6) is 5.75 Å². The standard InChI is InChI=1S/C21H23N3O3/c1-22-20-6-3-2-5-18(20)19-15-23(13-11-21(19)22)12-4-14-27-17-9-7-16(8-10-17)24(25)26/h2-3,5-10H,4,11-15H2,1H3. The molecule has 0 N–H and O–H groups in total. The van der Waals surface area contributed by atoms with Crippen molar-refractivity contribution >= 4 is 16.6 Å². The van der Waals surface area contributed by atoms with Crippen LogP contribution in [0.15, 0.2) is 48.5 Å². The average Bonchev–Trinajstić information content (AvgIpc) is 2.98. The third-order valence-electron chi connectivity index (χ3n) is 5.33. The summed E-state index contributed by atoms with van der Waals surface area (Å²) in [5, 5.41) is 12.0. The molecule has 2 heterocycles. The molecule has 0 saturated heterocycles. The van der Waals surface area contributed by atoms with Gasteiger partial charge in [-0.2, -0.15) is 0 Å². The molecule has 4 rings (SSSR count). The Bertz CT molecular complexity index is 963. The van der Waals surface area contributed by atoms with E-state index in [1.165, 1.54) is 34.3 Å². The zero-order valence-corrected chi connectivity index (χ0v) is 15.4. The number of hydrogen-bond donors (Lipinski definition) is 0.